The van der Waals surface area contributed by atoms with Crippen molar-refractivity contribution in [3.63, 3.8) is 0 Å². The Bertz CT molecular complexity index is 756. The van der Waals surface area contributed by atoms with Gasteiger partial charge in [-0.25, -0.2) is 0 Å². The molecule has 24 heavy (non-hydrogen) atoms. The molecule has 7 nitrogen and oxygen atoms in total. The van der Waals surface area contributed by atoms with Crippen LogP contribution in [-0.4, -0.2) is 53.2 Å². The van der Waals surface area contributed by atoms with Crippen molar-refractivity contribution in [1.82, 2.24) is 14.7 Å². The summed E-state index contributed by atoms with van der Waals surface area (Å²) in [6, 6.07) is 7.25. The maximum Gasteiger partial charge on any atom is 0.265 e. The molecular weight excluding hydrogens is 308 g/mol. The standard InChI is InChI=1S/C17H20N4O3/c1-19(8-7-13-9-18-20(2)10-13)16(22)11-21-14-5-3-4-6-15(14)24-12-17(21)23/h3-6,9-10H,7-8,11-12H2,1-2H3. The SMILES string of the molecule is CN(CCc1cnn(C)c1)C(=O)CN1C(=O)COc2ccccc21. The molecule has 0 radical (unpaired) electrons. The van der Waals surface area contributed by atoms with E-state index in [1.54, 1.807) is 35.0 Å². The summed E-state index contributed by atoms with van der Waals surface area (Å²) in [5, 5.41) is 4.11. The van der Waals surface area contributed by atoms with Crippen molar-refractivity contribution in [2.24, 2.45) is 7.05 Å². The van der Waals surface area contributed by atoms with Gasteiger partial charge in [0.25, 0.3) is 5.91 Å². The highest BCUT2D eigenvalue weighted by Gasteiger charge is 2.27. The second-order valence-corrected chi connectivity index (χ2v) is 5.82. The second kappa shape index (κ2) is 6.74. The minimum absolute atomic E-state index is 0.0166. The molecule has 0 saturated heterocycles. The van der Waals surface area contributed by atoms with Gasteiger partial charge in [0.05, 0.1) is 11.9 Å². The number of nitrogens with zero attached hydrogens (tertiary/aromatic N) is 4. The van der Waals surface area contributed by atoms with Crippen LogP contribution in [-0.2, 0) is 23.1 Å². The number of ether oxygens (including phenoxy) is 1. The normalized spacial score (nSPS) is 13.4. The summed E-state index contributed by atoms with van der Waals surface area (Å²) in [4.78, 5) is 27.7. The third kappa shape index (κ3) is 3.40. The fraction of sp³-hybridized carbons (Fsp3) is 0.353. The van der Waals surface area contributed by atoms with Crippen molar-refractivity contribution in [2.75, 3.05) is 31.6 Å². The molecule has 0 unspecified atom stereocenters. The molecule has 3 rings (SSSR count). The Morgan fingerprint density at radius 3 is 2.92 bits per heavy atom. The molecule has 2 amide bonds. The van der Waals surface area contributed by atoms with Crippen molar-refractivity contribution < 1.29 is 14.3 Å². The molecule has 7 heteroatoms. The zero-order valence-corrected chi connectivity index (χ0v) is 13.8. The highest BCUT2D eigenvalue weighted by atomic mass is 16.5. The number of hydrogen-bond donors (Lipinski definition) is 0. The minimum atomic E-state index is -0.206. The van der Waals surface area contributed by atoms with Crippen molar-refractivity contribution >= 4 is 17.5 Å². The molecule has 1 aliphatic heterocycles. The van der Waals surface area contributed by atoms with Crippen LogP contribution in [0, 0.1) is 0 Å². The highest BCUT2D eigenvalue weighted by molar-refractivity contribution is 6.02. The lowest BCUT2D eigenvalue weighted by atomic mass is 10.2. The van der Waals surface area contributed by atoms with E-state index in [4.69, 9.17) is 4.74 Å². The second-order valence-electron chi connectivity index (χ2n) is 5.82. The van der Waals surface area contributed by atoms with Crippen molar-refractivity contribution in [3.05, 3.63) is 42.2 Å². The average molecular weight is 328 g/mol. The first-order valence-electron chi connectivity index (χ1n) is 7.78. The lowest BCUT2D eigenvalue weighted by Gasteiger charge is -2.30. The monoisotopic (exact) mass is 328 g/mol. The summed E-state index contributed by atoms with van der Waals surface area (Å²) in [5.74, 6) is 0.314. The van der Waals surface area contributed by atoms with E-state index in [1.807, 2.05) is 25.4 Å². The molecule has 0 bridgehead atoms. The molecule has 0 atom stereocenters. The van der Waals surface area contributed by atoms with Crippen LogP contribution in [0.2, 0.25) is 0 Å². The molecule has 1 aliphatic rings. The van der Waals surface area contributed by atoms with Crippen LogP contribution in [0.4, 0.5) is 5.69 Å². The van der Waals surface area contributed by atoms with Gasteiger partial charge in [-0.2, -0.15) is 5.10 Å². The van der Waals surface area contributed by atoms with Gasteiger partial charge >= 0.3 is 0 Å². The lowest BCUT2D eigenvalue weighted by Crippen LogP contribution is -2.45. The van der Waals surface area contributed by atoms with Crippen LogP contribution in [0.3, 0.4) is 0 Å². The maximum atomic E-state index is 12.5. The van der Waals surface area contributed by atoms with E-state index in [9.17, 15) is 9.59 Å². The fourth-order valence-electron chi connectivity index (χ4n) is 2.61. The Hall–Kier alpha value is -2.83. The van der Waals surface area contributed by atoms with Crippen LogP contribution in [0.5, 0.6) is 5.75 Å². The number of aromatic nitrogens is 2. The number of carbonyl (C=O) groups is 2. The summed E-state index contributed by atoms with van der Waals surface area (Å²) in [6.45, 7) is 0.553. The Labute approximate surface area is 140 Å². The van der Waals surface area contributed by atoms with Gasteiger partial charge in [-0.05, 0) is 24.1 Å². The van der Waals surface area contributed by atoms with Gasteiger partial charge < -0.3 is 9.64 Å². The number of aryl methyl sites for hydroxylation is 1. The van der Waals surface area contributed by atoms with E-state index in [0.29, 0.717) is 18.0 Å². The van der Waals surface area contributed by atoms with Gasteiger partial charge in [0.1, 0.15) is 12.3 Å². The van der Waals surface area contributed by atoms with Gasteiger partial charge in [0.2, 0.25) is 5.91 Å². The molecule has 0 aliphatic carbocycles. The van der Waals surface area contributed by atoms with Gasteiger partial charge in [-0.1, -0.05) is 12.1 Å². The summed E-state index contributed by atoms with van der Waals surface area (Å²) >= 11 is 0. The van der Waals surface area contributed by atoms with Crippen molar-refractivity contribution in [3.8, 4) is 5.75 Å². The van der Waals surface area contributed by atoms with Crippen LogP contribution in [0.15, 0.2) is 36.7 Å². The average Bonchev–Trinajstić information content (AvgIpc) is 3.00. The molecule has 0 fully saturated rings. The maximum absolute atomic E-state index is 12.5. The number of rotatable bonds is 5. The highest BCUT2D eigenvalue weighted by Crippen LogP contribution is 2.31. The predicted molar refractivity (Wildman–Crippen MR) is 88.8 cm³/mol. The van der Waals surface area contributed by atoms with E-state index in [2.05, 4.69) is 5.10 Å². The molecule has 2 aromatic rings. The number of amides is 2. The zero-order chi connectivity index (χ0) is 17.1. The number of carbonyl (C=O) groups excluding carboxylic acids is 2. The topological polar surface area (TPSA) is 67.7 Å². The smallest absolute Gasteiger partial charge is 0.265 e. The Balaban J connectivity index is 1.62. The van der Waals surface area contributed by atoms with Crippen LogP contribution in [0.25, 0.3) is 0 Å². The number of hydrogen-bond acceptors (Lipinski definition) is 4. The quantitative estimate of drug-likeness (QED) is 0.816. The number of fused-ring (bicyclic) bond motifs is 1. The van der Waals surface area contributed by atoms with Gasteiger partial charge in [0, 0.05) is 26.8 Å². The molecule has 2 heterocycles. The Morgan fingerprint density at radius 2 is 2.17 bits per heavy atom. The van der Waals surface area contributed by atoms with Crippen molar-refractivity contribution in [1.29, 1.82) is 0 Å². The number of anilines is 1. The fourth-order valence-corrected chi connectivity index (χ4v) is 2.61. The third-order valence-corrected chi connectivity index (χ3v) is 4.02. The van der Waals surface area contributed by atoms with Gasteiger partial charge in [-0.15, -0.1) is 0 Å². The first-order valence-corrected chi connectivity index (χ1v) is 7.78. The molecule has 0 N–H and O–H groups in total. The molecule has 1 aromatic carbocycles. The lowest BCUT2D eigenvalue weighted by molar-refractivity contribution is -0.130. The molecule has 0 saturated carbocycles. The summed E-state index contributed by atoms with van der Waals surface area (Å²) in [7, 11) is 3.61. The Morgan fingerprint density at radius 1 is 1.38 bits per heavy atom. The largest absolute Gasteiger partial charge is 0.482 e. The van der Waals surface area contributed by atoms with Crippen LogP contribution >= 0.6 is 0 Å². The Kier molecular flexibility index (Phi) is 4.50. The first-order chi connectivity index (χ1) is 11.5. The molecule has 126 valence electrons. The van der Waals surface area contributed by atoms with E-state index >= 15 is 0 Å². The number of para-hydroxylation sites is 2. The molecule has 0 spiro atoms. The van der Waals surface area contributed by atoms with Crippen LogP contribution in [0.1, 0.15) is 5.56 Å². The zero-order valence-electron chi connectivity index (χ0n) is 13.8. The molecule has 1 aromatic heterocycles. The van der Waals surface area contributed by atoms with E-state index in [1.165, 1.54) is 4.90 Å². The summed E-state index contributed by atoms with van der Waals surface area (Å²) < 4.78 is 7.13. The summed E-state index contributed by atoms with van der Waals surface area (Å²) in [6.07, 6.45) is 4.45. The van der Waals surface area contributed by atoms with E-state index in [0.717, 1.165) is 12.0 Å². The number of benzene rings is 1. The van der Waals surface area contributed by atoms with Gasteiger partial charge in [0.15, 0.2) is 6.61 Å². The van der Waals surface area contributed by atoms with Gasteiger partial charge in [-0.3, -0.25) is 19.2 Å². The first kappa shape index (κ1) is 16.0. The van der Waals surface area contributed by atoms with Crippen molar-refractivity contribution in [2.45, 2.75) is 6.42 Å². The number of likely N-dealkylation sites (N-methyl/N-ethyl adjacent to an activating group) is 1. The molecular formula is C17H20N4O3. The van der Waals surface area contributed by atoms with E-state index in [-0.39, 0.29) is 25.0 Å². The predicted octanol–water partition coefficient (Wildman–Crippen LogP) is 0.847. The van der Waals surface area contributed by atoms with Crippen LogP contribution < -0.4 is 9.64 Å². The van der Waals surface area contributed by atoms with E-state index < -0.39 is 0 Å². The minimum Gasteiger partial charge on any atom is -0.482 e. The third-order valence-electron chi connectivity index (χ3n) is 4.02. The summed E-state index contributed by atoms with van der Waals surface area (Å²) in [5.41, 5.74) is 1.72.